The molecule has 3 heterocycles. The van der Waals surface area contributed by atoms with E-state index in [9.17, 15) is 0 Å². The summed E-state index contributed by atoms with van der Waals surface area (Å²) in [7, 11) is 0. The van der Waals surface area contributed by atoms with E-state index in [4.69, 9.17) is 9.47 Å². The second kappa shape index (κ2) is 8.54. The van der Waals surface area contributed by atoms with Gasteiger partial charge in [-0.2, -0.15) is 0 Å². The molecule has 0 saturated heterocycles. The highest BCUT2D eigenvalue weighted by Gasteiger charge is 2.33. The van der Waals surface area contributed by atoms with Crippen molar-refractivity contribution in [2.45, 2.75) is 0 Å². The highest BCUT2D eigenvalue weighted by molar-refractivity contribution is 6.95. The fourth-order valence-corrected chi connectivity index (χ4v) is 6.45. The molecule has 0 radical (unpaired) electrons. The summed E-state index contributed by atoms with van der Waals surface area (Å²) >= 11 is 0. The van der Waals surface area contributed by atoms with Crippen molar-refractivity contribution in [1.29, 1.82) is 0 Å². The molecule has 6 aromatic rings. The van der Waals surface area contributed by atoms with Crippen molar-refractivity contribution in [3.05, 3.63) is 140 Å². The van der Waals surface area contributed by atoms with E-state index in [2.05, 4.69) is 125 Å². The van der Waals surface area contributed by atoms with E-state index in [1.807, 2.05) is 24.3 Å². The highest BCUT2D eigenvalue weighted by Crippen LogP contribution is 2.53. The molecular formula is C36H23BN2O2. The minimum absolute atomic E-state index is 0.0163. The number of rotatable bonds is 1. The summed E-state index contributed by atoms with van der Waals surface area (Å²) < 4.78 is 12.9. The van der Waals surface area contributed by atoms with E-state index in [1.54, 1.807) is 0 Å². The number of benzene rings is 6. The van der Waals surface area contributed by atoms with Crippen LogP contribution in [0.1, 0.15) is 0 Å². The Kier molecular flexibility index (Phi) is 4.67. The minimum atomic E-state index is 0.0163. The van der Waals surface area contributed by atoms with Crippen LogP contribution >= 0.6 is 0 Å². The van der Waals surface area contributed by atoms with Gasteiger partial charge in [-0.05, 0) is 66.7 Å². The van der Waals surface area contributed by atoms with E-state index >= 15 is 0 Å². The molecule has 0 N–H and O–H groups in total. The molecule has 41 heavy (non-hydrogen) atoms. The van der Waals surface area contributed by atoms with E-state index in [0.29, 0.717) is 0 Å². The quantitative estimate of drug-likeness (QED) is 0.205. The molecule has 0 atom stereocenters. The van der Waals surface area contributed by atoms with Gasteiger partial charge in [0.1, 0.15) is 0 Å². The maximum Gasteiger partial charge on any atom is 0.241 e. The van der Waals surface area contributed by atoms with Crippen LogP contribution in [0.3, 0.4) is 0 Å². The number of ether oxygens (including phenoxy) is 2. The molecular weight excluding hydrogens is 503 g/mol. The Morgan fingerprint density at radius 1 is 0.366 bits per heavy atom. The zero-order chi connectivity index (χ0) is 26.9. The monoisotopic (exact) mass is 526 g/mol. The van der Waals surface area contributed by atoms with Crippen molar-refractivity contribution >= 4 is 57.2 Å². The van der Waals surface area contributed by atoms with Crippen LogP contribution < -0.4 is 35.7 Å². The van der Waals surface area contributed by atoms with Crippen molar-refractivity contribution in [2.75, 3.05) is 9.80 Å². The zero-order valence-electron chi connectivity index (χ0n) is 22.1. The van der Waals surface area contributed by atoms with Gasteiger partial charge in [0.15, 0.2) is 23.0 Å². The SMILES string of the molecule is c1ccc(B2c3ccc4c(c3)N(c3cccc(c3)N3c5ccccc5Oc5ccc2cc53)c2ccccc2O4)cc1. The summed E-state index contributed by atoms with van der Waals surface area (Å²) in [6.45, 7) is 0.0163. The van der Waals surface area contributed by atoms with Crippen molar-refractivity contribution < 1.29 is 9.47 Å². The first-order valence-electron chi connectivity index (χ1n) is 13.9. The molecule has 0 aromatic heterocycles. The number of hydrogen-bond acceptors (Lipinski definition) is 4. The highest BCUT2D eigenvalue weighted by atomic mass is 16.5. The van der Waals surface area contributed by atoms with Gasteiger partial charge in [-0.3, -0.25) is 0 Å². The van der Waals surface area contributed by atoms with Crippen molar-refractivity contribution in [2.24, 2.45) is 0 Å². The number of anilines is 6. The van der Waals surface area contributed by atoms with Crippen LogP contribution in [0.4, 0.5) is 34.1 Å². The molecule has 0 aliphatic carbocycles. The Balaban J connectivity index is 1.39. The molecule has 0 amide bonds. The van der Waals surface area contributed by atoms with Gasteiger partial charge in [-0.25, -0.2) is 0 Å². The molecule has 6 bridgehead atoms. The molecule has 4 nitrogen and oxygen atoms in total. The maximum atomic E-state index is 6.46. The topological polar surface area (TPSA) is 24.9 Å². The molecule has 3 aliphatic rings. The van der Waals surface area contributed by atoms with Gasteiger partial charge < -0.3 is 19.3 Å². The second-order valence-corrected chi connectivity index (χ2v) is 10.6. The standard InChI is InChI=1S/C36H23BN2O2/c1-2-9-24(10-3-1)37-25-17-19-35-31(21-25)38(29-13-4-6-15-33(29)40-35)27-11-8-12-28(23-27)39-30-14-5-7-16-34(30)41-36-20-18-26(37)22-32(36)39/h1-23H. The van der Waals surface area contributed by atoms with Gasteiger partial charge in [0.05, 0.1) is 22.7 Å². The average molecular weight is 526 g/mol. The first-order valence-corrected chi connectivity index (χ1v) is 13.9. The molecule has 0 saturated carbocycles. The molecule has 0 spiro atoms. The van der Waals surface area contributed by atoms with E-state index in [1.165, 1.54) is 16.4 Å². The van der Waals surface area contributed by atoms with Crippen LogP contribution in [0, 0.1) is 0 Å². The van der Waals surface area contributed by atoms with E-state index in [0.717, 1.165) is 57.1 Å². The van der Waals surface area contributed by atoms with E-state index < -0.39 is 0 Å². The predicted molar refractivity (Wildman–Crippen MR) is 167 cm³/mol. The molecule has 0 fully saturated rings. The van der Waals surface area contributed by atoms with Crippen molar-refractivity contribution in [3.63, 3.8) is 0 Å². The lowest BCUT2D eigenvalue weighted by Gasteiger charge is -2.37. The van der Waals surface area contributed by atoms with Crippen LogP contribution in [0.25, 0.3) is 0 Å². The summed E-state index contributed by atoms with van der Waals surface area (Å²) in [5.41, 5.74) is 9.85. The second-order valence-electron chi connectivity index (χ2n) is 10.6. The van der Waals surface area contributed by atoms with Crippen molar-refractivity contribution in [1.82, 2.24) is 0 Å². The molecule has 6 aromatic carbocycles. The Morgan fingerprint density at radius 2 is 0.854 bits per heavy atom. The molecule has 3 aliphatic heterocycles. The summed E-state index contributed by atoms with van der Waals surface area (Å²) in [6, 6.07) is 49.2. The van der Waals surface area contributed by atoms with Gasteiger partial charge in [0.25, 0.3) is 0 Å². The van der Waals surface area contributed by atoms with Gasteiger partial charge >= 0.3 is 0 Å². The van der Waals surface area contributed by atoms with Crippen LogP contribution in [-0.2, 0) is 0 Å². The Morgan fingerprint density at radius 3 is 1.41 bits per heavy atom. The Labute approximate surface area is 238 Å². The third-order valence-corrected chi connectivity index (χ3v) is 8.25. The van der Waals surface area contributed by atoms with Crippen LogP contribution in [0.2, 0.25) is 0 Å². The first kappa shape index (κ1) is 22.4. The summed E-state index contributed by atoms with van der Waals surface area (Å²) in [6.07, 6.45) is 0. The van der Waals surface area contributed by atoms with Gasteiger partial charge in [0, 0.05) is 11.4 Å². The van der Waals surface area contributed by atoms with Crippen LogP contribution in [0.15, 0.2) is 140 Å². The summed E-state index contributed by atoms with van der Waals surface area (Å²) in [5, 5.41) is 0. The van der Waals surface area contributed by atoms with Gasteiger partial charge in [-0.1, -0.05) is 89.2 Å². The third-order valence-electron chi connectivity index (χ3n) is 8.25. The number of fused-ring (bicyclic) bond motifs is 10. The van der Waals surface area contributed by atoms with Gasteiger partial charge in [0.2, 0.25) is 6.71 Å². The normalized spacial score (nSPS) is 13.6. The first-order chi connectivity index (χ1) is 20.3. The van der Waals surface area contributed by atoms with Crippen LogP contribution in [0.5, 0.6) is 23.0 Å². The smallest absolute Gasteiger partial charge is 0.241 e. The van der Waals surface area contributed by atoms with Gasteiger partial charge in [-0.15, -0.1) is 0 Å². The minimum Gasteiger partial charge on any atom is -0.453 e. The Bertz CT molecular complexity index is 1870. The van der Waals surface area contributed by atoms with Crippen molar-refractivity contribution in [3.8, 4) is 23.0 Å². The summed E-state index contributed by atoms with van der Waals surface area (Å²) in [4.78, 5) is 4.65. The molecule has 5 heteroatoms. The maximum absolute atomic E-state index is 6.46. The summed E-state index contributed by atoms with van der Waals surface area (Å²) in [5.74, 6) is 3.37. The average Bonchev–Trinajstić information content (AvgIpc) is 3.03. The number of nitrogens with zero attached hydrogens (tertiary/aromatic N) is 2. The number of hydrogen-bond donors (Lipinski definition) is 0. The Hall–Kier alpha value is -5.42. The predicted octanol–water partition coefficient (Wildman–Crippen LogP) is 7.67. The fraction of sp³-hybridized carbons (Fsp3) is 0. The lowest BCUT2D eigenvalue weighted by atomic mass is 9.37. The number of para-hydroxylation sites is 4. The molecule has 9 rings (SSSR count). The largest absolute Gasteiger partial charge is 0.453 e. The third kappa shape index (κ3) is 3.36. The molecule has 192 valence electrons. The van der Waals surface area contributed by atoms with E-state index in [-0.39, 0.29) is 6.71 Å². The lowest BCUT2D eigenvalue weighted by molar-refractivity contribution is 0.477. The fourth-order valence-electron chi connectivity index (χ4n) is 6.45. The van der Waals surface area contributed by atoms with Crippen LogP contribution in [-0.4, -0.2) is 6.71 Å². The lowest BCUT2D eigenvalue weighted by Crippen LogP contribution is -2.52. The zero-order valence-corrected chi connectivity index (χ0v) is 22.1. The molecule has 0 unspecified atom stereocenters.